The standard InChI is InChI=1S/C15H21NO/c1-11-4-2-6-13(16-11)10-15(17)9-8-12-5-3-7-14(12)15/h2,4,6,12,14,17H,3,5,7-10H2,1H3/t12-,14-,15-/m0/s1. The third kappa shape index (κ3) is 1.99. The number of aliphatic hydroxyl groups is 1. The number of fused-ring (bicyclic) bond motifs is 1. The van der Waals surface area contributed by atoms with Gasteiger partial charge in [0.05, 0.1) is 5.60 Å². The van der Waals surface area contributed by atoms with Gasteiger partial charge in [-0.15, -0.1) is 0 Å². The molecular formula is C15H21NO. The second kappa shape index (κ2) is 4.09. The zero-order valence-corrected chi connectivity index (χ0v) is 10.5. The largest absolute Gasteiger partial charge is 0.389 e. The van der Waals surface area contributed by atoms with Crippen LogP contribution in [0.1, 0.15) is 43.5 Å². The topological polar surface area (TPSA) is 33.1 Å². The van der Waals surface area contributed by atoms with Crippen LogP contribution in [0, 0.1) is 18.8 Å². The summed E-state index contributed by atoms with van der Waals surface area (Å²) in [6.07, 6.45) is 6.78. The van der Waals surface area contributed by atoms with E-state index in [1.807, 2.05) is 25.1 Å². The normalized spacial score (nSPS) is 36.1. The Balaban J connectivity index is 1.80. The molecule has 2 aliphatic carbocycles. The number of pyridine rings is 1. The Bertz CT molecular complexity index is 417. The summed E-state index contributed by atoms with van der Waals surface area (Å²) in [6, 6.07) is 6.11. The zero-order valence-electron chi connectivity index (χ0n) is 10.5. The van der Waals surface area contributed by atoms with Gasteiger partial charge in [-0.05, 0) is 50.2 Å². The van der Waals surface area contributed by atoms with Gasteiger partial charge in [-0.3, -0.25) is 4.98 Å². The predicted octanol–water partition coefficient (Wildman–Crippen LogP) is 2.87. The molecule has 0 radical (unpaired) electrons. The summed E-state index contributed by atoms with van der Waals surface area (Å²) in [5, 5.41) is 10.9. The molecule has 3 atom stereocenters. The second-order valence-corrected chi connectivity index (χ2v) is 5.89. The van der Waals surface area contributed by atoms with Crippen molar-refractivity contribution in [1.29, 1.82) is 0 Å². The van der Waals surface area contributed by atoms with Crippen LogP contribution in [0.3, 0.4) is 0 Å². The fraction of sp³-hybridized carbons (Fsp3) is 0.667. The van der Waals surface area contributed by atoms with Gasteiger partial charge in [0.15, 0.2) is 0 Å². The Morgan fingerprint density at radius 2 is 2.24 bits per heavy atom. The first-order chi connectivity index (χ1) is 8.17. The number of hydrogen-bond donors (Lipinski definition) is 1. The van der Waals surface area contributed by atoms with Crippen molar-refractivity contribution in [2.75, 3.05) is 0 Å². The summed E-state index contributed by atoms with van der Waals surface area (Å²) in [7, 11) is 0. The van der Waals surface area contributed by atoms with E-state index in [0.29, 0.717) is 5.92 Å². The van der Waals surface area contributed by atoms with Crippen LogP contribution >= 0.6 is 0 Å². The Kier molecular flexibility index (Phi) is 2.70. The lowest BCUT2D eigenvalue weighted by Crippen LogP contribution is -2.36. The molecule has 0 amide bonds. The van der Waals surface area contributed by atoms with Crippen LogP contribution in [-0.4, -0.2) is 15.7 Å². The molecule has 3 rings (SSSR count). The van der Waals surface area contributed by atoms with E-state index >= 15 is 0 Å². The molecule has 2 nitrogen and oxygen atoms in total. The summed E-state index contributed by atoms with van der Waals surface area (Å²) in [5.74, 6) is 1.31. The lowest BCUT2D eigenvalue weighted by atomic mass is 9.84. The first kappa shape index (κ1) is 11.2. The lowest BCUT2D eigenvalue weighted by Gasteiger charge is -2.29. The van der Waals surface area contributed by atoms with Crippen LogP contribution in [0.5, 0.6) is 0 Å². The Labute approximate surface area is 103 Å². The molecule has 17 heavy (non-hydrogen) atoms. The van der Waals surface area contributed by atoms with Gasteiger partial charge in [0.25, 0.3) is 0 Å². The van der Waals surface area contributed by atoms with Crippen molar-refractivity contribution >= 4 is 0 Å². The molecule has 1 heterocycles. The maximum absolute atomic E-state index is 10.9. The van der Waals surface area contributed by atoms with Crippen molar-refractivity contribution in [2.45, 2.75) is 51.0 Å². The number of hydrogen-bond acceptors (Lipinski definition) is 2. The molecule has 0 unspecified atom stereocenters. The van der Waals surface area contributed by atoms with E-state index in [4.69, 9.17) is 0 Å². The molecule has 0 aromatic carbocycles. The summed E-state index contributed by atoms with van der Waals surface area (Å²) < 4.78 is 0. The summed E-state index contributed by atoms with van der Waals surface area (Å²) in [4.78, 5) is 4.54. The smallest absolute Gasteiger partial charge is 0.0733 e. The predicted molar refractivity (Wildman–Crippen MR) is 67.7 cm³/mol. The van der Waals surface area contributed by atoms with Crippen molar-refractivity contribution in [2.24, 2.45) is 11.8 Å². The van der Waals surface area contributed by atoms with Crippen LogP contribution in [-0.2, 0) is 6.42 Å². The summed E-state index contributed by atoms with van der Waals surface area (Å²) >= 11 is 0. The monoisotopic (exact) mass is 231 g/mol. The van der Waals surface area contributed by atoms with E-state index in [-0.39, 0.29) is 0 Å². The fourth-order valence-electron chi connectivity index (χ4n) is 3.94. The first-order valence-corrected chi connectivity index (χ1v) is 6.82. The molecular weight excluding hydrogens is 210 g/mol. The van der Waals surface area contributed by atoms with Gasteiger partial charge in [-0.1, -0.05) is 18.9 Å². The minimum Gasteiger partial charge on any atom is -0.389 e. The van der Waals surface area contributed by atoms with Crippen molar-refractivity contribution in [3.05, 3.63) is 29.6 Å². The summed E-state index contributed by atoms with van der Waals surface area (Å²) in [5.41, 5.74) is 1.63. The molecule has 1 N–H and O–H groups in total. The highest BCUT2D eigenvalue weighted by atomic mass is 16.3. The third-order valence-electron chi connectivity index (χ3n) is 4.73. The zero-order chi connectivity index (χ0) is 11.9. The van der Waals surface area contributed by atoms with Gasteiger partial charge in [0.2, 0.25) is 0 Å². The minimum atomic E-state index is -0.470. The Hall–Kier alpha value is -0.890. The molecule has 1 aromatic rings. The Morgan fingerprint density at radius 3 is 3.06 bits per heavy atom. The average Bonchev–Trinajstić information content (AvgIpc) is 2.84. The van der Waals surface area contributed by atoms with Gasteiger partial charge in [0, 0.05) is 17.8 Å². The number of aryl methyl sites for hydroxylation is 1. The molecule has 92 valence electrons. The van der Waals surface area contributed by atoms with Gasteiger partial charge in [0.1, 0.15) is 0 Å². The van der Waals surface area contributed by atoms with Gasteiger partial charge in [-0.2, -0.15) is 0 Å². The van der Waals surface area contributed by atoms with Crippen LogP contribution in [0.15, 0.2) is 18.2 Å². The number of aromatic nitrogens is 1. The molecule has 2 saturated carbocycles. The second-order valence-electron chi connectivity index (χ2n) is 5.89. The SMILES string of the molecule is Cc1cccc(C[C@@]2(O)CC[C@@H]3CCC[C@@H]32)n1. The minimum absolute atomic E-state index is 0.470. The quantitative estimate of drug-likeness (QED) is 0.849. The van der Waals surface area contributed by atoms with Gasteiger partial charge < -0.3 is 5.11 Å². The molecule has 0 bridgehead atoms. The fourth-order valence-corrected chi connectivity index (χ4v) is 3.94. The average molecular weight is 231 g/mol. The van der Waals surface area contributed by atoms with Crippen LogP contribution < -0.4 is 0 Å². The maximum atomic E-state index is 10.9. The first-order valence-electron chi connectivity index (χ1n) is 6.82. The highest BCUT2D eigenvalue weighted by Gasteiger charge is 2.48. The molecule has 2 fully saturated rings. The molecule has 2 aliphatic rings. The number of rotatable bonds is 2. The summed E-state index contributed by atoms with van der Waals surface area (Å²) in [6.45, 7) is 2.01. The van der Waals surface area contributed by atoms with E-state index < -0.39 is 5.60 Å². The maximum Gasteiger partial charge on any atom is 0.0733 e. The van der Waals surface area contributed by atoms with Gasteiger partial charge >= 0.3 is 0 Å². The highest BCUT2D eigenvalue weighted by molar-refractivity contribution is 5.14. The molecule has 1 aromatic heterocycles. The highest BCUT2D eigenvalue weighted by Crippen LogP contribution is 2.50. The van der Waals surface area contributed by atoms with E-state index in [2.05, 4.69) is 4.98 Å². The van der Waals surface area contributed by atoms with E-state index in [0.717, 1.165) is 30.1 Å². The van der Waals surface area contributed by atoms with Crippen LogP contribution in [0.2, 0.25) is 0 Å². The van der Waals surface area contributed by atoms with Crippen molar-refractivity contribution in [3.8, 4) is 0 Å². The lowest BCUT2D eigenvalue weighted by molar-refractivity contribution is -0.00242. The van der Waals surface area contributed by atoms with E-state index in [1.54, 1.807) is 0 Å². The van der Waals surface area contributed by atoms with Crippen LogP contribution in [0.25, 0.3) is 0 Å². The van der Waals surface area contributed by atoms with E-state index in [9.17, 15) is 5.11 Å². The molecule has 0 spiro atoms. The van der Waals surface area contributed by atoms with Crippen molar-refractivity contribution < 1.29 is 5.11 Å². The number of nitrogens with zero attached hydrogens (tertiary/aromatic N) is 1. The molecule has 2 heteroatoms. The van der Waals surface area contributed by atoms with Crippen molar-refractivity contribution in [3.63, 3.8) is 0 Å². The molecule has 0 aliphatic heterocycles. The molecule has 0 saturated heterocycles. The third-order valence-corrected chi connectivity index (χ3v) is 4.73. The Morgan fingerprint density at radius 1 is 1.35 bits per heavy atom. The van der Waals surface area contributed by atoms with Crippen molar-refractivity contribution in [1.82, 2.24) is 4.98 Å². The van der Waals surface area contributed by atoms with Gasteiger partial charge in [-0.25, -0.2) is 0 Å². The van der Waals surface area contributed by atoms with E-state index in [1.165, 1.54) is 25.7 Å². The van der Waals surface area contributed by atoms with Crippen LogP contribution in [0.4, 0.5) is 0 Å².